The van der Waals surface area contributed by atoms with Gasteiger partial charge in [0.1, 0.15) is 16.8 Å². The number of hydrogen-bond donors (Lipinski definition) is 2. The number of nitrogens with one attached hydrogen (secondary N) is 2. The minimum Gasteiger partial charge on any atom is -0.467 e. The van der Waals surface area contributed by atoms with Gasteiger partial charge in [0, 0.05) is 0 Å². The second-order valence-corrected chi connectivity index (χ2v) is 8.31. The van der Waals surface area contributed by atoms with E-state index in [1.165, 1.54) is 34.4 Å². The summed E-state index contributed by atoms with van der Waals surface area (Å²) in [6.07, 6.45) is 1.62. The van der Waals surface area contributed by atoms with E-state index in [1.807, 2.05) is 12.1 Å². The third-order valence-corrected chi connectivity index (χ3v) is 5.96. The summed E-state index contributed by atoms with van der Waals surface area (Å²) in [6, 6.07) is 7.43. The van der Waals surface area contributed by atoms with Crippen LogP contribution in [0.2, 0.25) is 0 Å². The molecule has 3 heterocycles. The van der Waals surface area contributed by atoms with Crippen molar-refractivity contribution in [2.45, 2.75) is 23.1 Å². The first-order chi connectivity index (χ1) is 12.2. The van der Waals surface area contributed by atoms with Gasteiger partial charge >= 0.3 is 0 Å². The average molecular weight is 392 g/mol. The minimum atomic E-state index is -0.362. The molecule has 25 heavy (non-hydrogen) atoms. The van der Waals surface area contributed by atoms with E-state index in [-0.39, 0.29) is 11.2 Å². The Labute approximate surface area is 156 Å². The predicted octanol–water partition coefficient (Wildman–Crippen LogP) is 3.80. The molecule has 2 N–H and O–H groups in total. The summed E-state index contributed by atoms with van der Waals surface area (Å²) >= 11 is 4.02. The van der Waals surface area contributed by atoms with Gasteiger partial charge in [-0.25, -0.2) is 0 Å². The lowest BCUT2D eigenvalue weighted by molar-refractivity contribution is -0.115. The van der Waals surface area contributed by atoms with E-state index in [0.29, 0.717) is 26.6 Å². The van der Waals surface area contributed by atoms with Crippen molar-refractivity contribution in [1.29, 1.82) is 5.26 Å². The standard InChI is InChI=1S/C15H13N5O2S3/c1-9(12(21)18-13-10(7-16)4-6-23-13)24-15-20-19-14(25-15)17-8-11-3-2-5-22-11/h2-6,9H,8H2,1H3,(H,17,19)(H,18,21). The zero-order chi connectivity index (χ0) is 17.6. The second-order valence-electron chi connectivity index (χ2n) is 4.83. The van der Waals surface area contributed by atoms with Gasteiger partial charge < -0.3 is 15.1 Å². The quantitative estimate of drug-likeness (QED) is 0.590. The first-order valence-electron chi connectivity index (χ1n) is 7.20. The highest BCUT2D eigenvalue weighted by atomic mass is 32.2. The molecule has 3 aromatic rings. The van der Waals surface area contributed by atoms with Crippen LogP contribution in [0.1, 0.15) is 18.2 Å². The second kappa shape index (κ2) is 8.15. The Morgan fingerprint density at radius 2 is 2.36 bits per heavy atom. The van der Waals surface area contributed by atoms with Crippen molar-refractivity contribution < 1.29 is 9.21 Å². The van der Waals surface area contributed by atoms with E-state index in [9.17, 15) is 4.79 Å². The van der Waals surface area contributed by atoms with Crippen molar-refractivity contribution in [1.82, 2.24) is 10.2 Å². The number of carbonyl (C=O) groups excluding carboxylic acids is 1. The Morgan fingerprint density at radius 1 is 1.48 bits per heavy atom. The summed E-state index contributed by atoms with van der Waals surface area (Å²) in [4.78, 5) is 12.3. The maximum absolute atomic E-state index is 12.3. The molecule has 1 amide bonds. The SMILES string of the molecule is CC(Sc1nnc(NCc2ccco2)s1)C(=O)Nc1sccc1C#N. The molecule has 0 bridgehead atoms. The topological polar surface area (TPSA) is 104 Å². The van der Waals surface area contributed by atoms with E-state index in [2.05, 4.69) is 26.9 Å². The van der Waals surface area contributed by atoms with Gasteiger partial charge in [0.2, 0.25) is 11.0 Å². The van der Waals surface area contributed by atoms with Crippen molar-refractivity contribution in [3.05, 3.63) is 41.2 Å². The molecule has 0 aliphatic heterocycles. The van der Waals surface area contributed by atoms with Crippen molar-refractivity contribution in [3.63, 3.8) is 0 Å². The van der Waals surface area contributed by atoms with Gasteiger partial charge in [0.05, 0.1) is 23.6 Å². The van der Waals surface area contributed by atoms with E-state index >= 15 is 0 Å². The van der Waals surface area contributed by atoms with Crippen LogP contribution < -0.4 is 10.6 Å². The maximum atomic E-state index is 12.3. The Balaban J connectivity index is 1.53. The van der Waals surface area contributed by atoms with Crippen molar-refractivity contribution in [3.8, 4) is 6.07 Å². The van der Waals surface area contributed by atoms with E-state index in [0.717, 1.165) is 5.76 Å². The molecule has 0 radical (unpaired) electrons. The van der Waals surface area contributed by atoms with Crippen molar-refractivity contribution >= 4 is 50.5 Å². The molecule has 7 nitrogen and oxygen atoms in total. The lowest BCUT2D eigenvalue weighted by Crippen LogP contribution is -2.22. The van der Waals surface area contributed by atoms with Crippen molar-refractivity contribution in [2.75, 3.05) is 10.6 Å². The van der Waals surface area contributed by atoms with E-state index < -0.39 is 0 Å². The summed E-state index contributed by atoms with van der Waals surface area (Å²) in [5.41, 5.74) is 0.468. The molecule has 1 unspecified atom stereocenters. The van der Waals surface area contributed by atoms with Gasteiger partial charge in [-0.15, -0.1) is 21.5 Å². The Kier molecular flexibility index (Phi) is 5.70. The highest BCUT2D eigenvalue weighted by molar-refractivity contribution is 8.02. The van der Waals surface area contributed by atoms with Gasteiger partial charge in [0.15, 0.2) is 4.34 Å². The Bertz CT molecular complexity index is 881. The van der Waals surface area contributed by atoms with Crippen LogP contribution in [-0.4, -0.2) is 21.4 Å². The Morgan fingerprint density at radius 3 is 3.12 bits per heavy atom. The van der Waals surface area contributed by atoms with Crippen LogP contribution in [0.4, 0.5) is 10.1 Å². The molecule has 0 saturated heterocycles. The molecular formula is C15H13N5O2S3. The van der Waals surface area contributed by atoms with Crippen LogP contribution in [0.5, 0.6) is 0 Å². The molecule has 0 aromatic carbocycles. The van der Waals surface area contributed by atoms with Crippen LogP contribution in [0, 0.1) is 11.3 Å². The largest absolute Gasteiger partial charge is 0.467 e. The smallest absolute Gasteiger partial charge is 0.238 e. The van der Waals surface area contributed by atoms with Crippen LogP contribution in [0.3, 0.4) is 0 Å². The maximum Gasteiger partial charge on any atom is 0.238 e. The van der Waals surface area contributed by atoms with Crippen molar-refractivity contribution in [2.24, 2.45) is 0 Å². The fraction of sp³-hybridized carbons (Fsp3) is 0.200. The first kappa shape index (κ1) is 17.5. The third kappa shape index (κ3) is 4.60. The summed E-state index contributed by atoms with van der Waals surface area (Å²) in [7, 11) is 0. The van der Waals surface area contributed by atoms with Gasteiger partial charge in [-0.3, -0.25) is 4.79 Å². The molecule has 0 saturated carbocycles. The van der Waals surface area contributed by atoms with E-state index in [4.69, 9.17) is 9.68 Å². The van der Waals surface area contributed by atoms with Crippen LogP contribution in [-0.2, 0) is 11.3 Å². The molecule has 0 aliphatic rings. The zero-order valence-corrected chi connectivity index (χ0v) is 15.5. The predicted molar refractivity (Wildman–Crippen MR) is 98.9 cm³/mol. The number of nitrogens with zero attached hydrogens (tertiary/aromatic N) is 3. The van der Waals surface area contributed by atoms with Gasteiger partial charge in [0.25, 0.3) is 0 Å². The Hall–Kier alpha value is -2.35. The molecule has 1 atom stereocenters. The van der Waals surface area contributed by atoms with Crippen LogP contribution in [0.15, 0.2) is 38.6 Å². The molecule has 128 valence electrons. The van der Waals surface area contributed by atoms with Crippen LogP contribution >= 0.6 is 34.4 Å². The van der Waals surface area contributed by atoms with Gasteiger partial charge in [-0.2, -0.15) is 5.26 Å². The number of furan rings is 1. The highest BCUT2D eigenvalue weighted by Gasteiger charge is 2.19. The molecule has 3 aromatic heterocycles. The highest BCUT2D eigenvalue weighted by Crippen LogP contribution is 2.30. The molecule has 0 aliphatic carbocycles. The van der Waals surface area contributed by atoms with E-state index in [1.54, 1.807) is 24.6 Å². The number of thioether (sulfide) groups is 1. The number of thiophene rings is 1. The van der Waals surface area contributed by atoms with Gasteiger partial charge in [-0.05, 0) is 30.5 Å². The number of hydrogen-bond acceptors (Lipinski definition) is 9. The fourth-order valence-electron chi connectivity index (χ4n) is 1.82. The average Bonchev–Trinajstić information content (AvgIpc) is 3.34. The fourth-order valence-corrected chi connectivity index (χ4v) is 4.45. The lowest BCUT2D eigenvalue weighted by Gasteiger charge is -2.08. The summed E-state index contributed by atoms with van der Waals surface area (Å²) in [5, 5.41) is 25.7. The first-order valence-corrected chi connectivity index (χ1v) is 9.78. The summed E-state index contributed by atoms with van der Waals surface area (Å²) in [6.45, 7) is 2.31. The number of rotatable bonds is 7. The molecule has 0 spiro atoms. The molecular weight excluding hydrogens is 378 g/mol. The lowest BCUT2D eigenvalue weighted by atomic mass is 10.3. The summed E-state index contributed by atoms with van der Waals surface area (Å²) < 4.78 is 5.93. The molecule has 10 heteroatoms. The minimum absolute atomic E-state index is 0.177. The monoisotopic (exact) mass is 391 g/mol. The third-order valence-electron chi connectivity index (χ3n) is 3.07. The molecule has 3 rings (SSSR count). The number of aromatic nitrogens is 2. The zero-order valence-electron chi connectivity index (χ0n) is 13.1. The number of nitriles is 1. The van der Waals surface area contributed by atoms with Gasteiger partial charge in [-0.1, -0.05) is 23.1 Å². The number of carbonyl (C=O) groups is 1. The molecule has 0 fully saturated rings. The number of anilines is 2. The normalized spacial score (nSPS) is 11.7. The summed E-state index contributed by atoms with van der Waals surface area (Å²) in [5.74, 6) is 0.630. The van der Waals surface area contributed by atoms with Crippen LogP contribution in [0.25, 0.3) is 0 Å². The number of amides is 1.